The van der Waals surface area contributed by atoms with Crippen molar-refractivity contribution in [2.75, 3.05) is 0 Å². The molecule has 0 aliphatic heterocycles. The number of halogens is 1. The van der Waals surface area contributed by atoms with Gasteiger partial charge in [0.2, 0.25) is 5.43 Å². The Labute approximate surface area is 91.6 Å². The van der Waals surface area contributed by atoms with Gasteiger partial charge in [0.15, 0.2) is 0 Å². The average Bonchev–Trinajstić information content (AvgIpc) is 2.55. The van der Waals surface area contributed by atoms with Crippen LogP contribution in [-0.2, 0) is 0 Å². The molecular weight excluding hydrogens is 231 g/mol. The topological polar surface area (TPSA) is 54.9 Å². The van der Waals surface area contributed by atoms with Gasteiger partial charge in [-0.2, -0.15) is 0 Å². The van der Waals surface area contributed by atoms with Crippen LogP contribution in [0.25, 0.3) is 21.1 Å². The van der Waals surface area contributed by atoms with Crippen LogP contribution in [0.1, 0.15) is 0 Å². The van der Waals surface area contributed by atoms with Crippen molar-refractivity contribution < 1.29 is 4.48 Å². The summed E-state index contributed by atoms with van der Waals surface area (Å²) in [5.41, 5.74) is -0.726. The molecule has 0 aliphatic carbocycles. The molecule has 0 bridgehead atoms. The van der Waals surface area contributed by atoms with Crippen LogP contribution in [0.5, 0.6) is 0 Å². The number of pyridine rings is 1. The van der Waals surface area contributed by atoms with Gasteiger partial charge < -0.3 is 4.98 Å². The summed E-state index contributed by atoms with van der Waals surface area (Å²) in [4.78, 5) is 26.4. The van der Waals surface area contributed by atoms with E-state index in [9.17, 15) is 14.1 Å². The van der Waals surface area contributed by atoms with Crippen LogP contribution in [0.15, 0.2) is 33.9 Å². The molecule has 3 rings (SSSR count). The maximum Gasteiger partial charge on any atom is 0.303 e. The Morgan fingerprint density at radius 1 is 1.25 bits per heavy atom. The number of aromatic amines is 1. The maximum atomic E-state index is 13.0. The van der Waals surface area contributed by atoms with Gasteiger partial charge in [-0.05, 0) is 23.7 Å². The van der Waals surface area contributed by atoms with Crippen LogP contribution in [0.4, 0.5) is 4.48 Å². The van der Waals surface area contributed by atoms with E-state index in [4.69, 9.17) is 0 Å². The summed E-state index contributed by atoms with van der Waals surface area (Å²) in [6, 6.07) is 6.78. The molecule has 0 aliphatic rings. The molecule has 80 valence electrons. The molecule has 0 atom stereocenters. The SMILES string of the molecule is O=c1c2ccccc2[nH]c2sn(F)c(=O)c12. The standard InChI is InChI=1S/C10H5FN2O2S/c11-13-10(15)7-8(14)5-3-1-2-4-6(5)12-9(7)16-13/h1-4H,(H,12,14). The van der Waals surface area contributed by atoms with Crippen molar-refractivity contribution in [3.05, 3.63) is 44.8 Å². The molecule has 0 amide bonds. The van der Waals surface area contributed by atoms with Crippen LogP contribution < -0.4 is 11.0 Å². The molecule has 2 heterocycles. The predicted molar refractivity (Wildman–Crippen MR) is 60.7 cm³/mol. The molecule has 1 N–H and O–H groups in total. The average molecular weight is 236 g/mol. The van der Waals surface area contributed by atoms with E-state index >= 15 is 0 Å². The molecule has 1 aromatic carbocycles. The molecule has 2 aromatic heterocycles. The number of hydrogen-bond acceptors (Lipinski definition) is 3. The van der Waals surface area contributed by atoms with Crippen molar-refractivity contribution in [3.63, 3.8) is 0 Å². The van der Waals surface area contributed by atoms with Gasteiger partial charge in [0.05, 0.1) is 5.52 Å². The summed E-state index contributed by atoms with van der Waals surface area (Å²) in [6.07, 6.45) is 0. The zero-order chi connectivity index (χ0) is 11.3. The Hall–Kier alpha value is -1.95. The highest BCUT2D eigenvalue weighted by Gasteiger charge is 2.13. The first-order valence-corrected chi connectivity index (χ1v) is 5.29. The summed E-state index contributed by atoms with van der Waals surface area (Å²) in [7, 11) is 0. The zero-order valence-electron chi connectivity index (χ0n) is 7.86. The number of rotatable bonds is 0. The Morgan fingerprint density at radius 2 is 2.00 bits per heavy atom. The lowest BCUT2D eigenvalue weighted by Gasteiger charge is -1.95. The fourth-order valence-electron chi connectivity index (χ4n) is 1.68. The lowest BCUT2D eigenvalue weighted by atomic mass is 10.2. The highest BCUT2D eigenvalue weighted by Crippen LogP contribution is 2.15. The van der Waals surface area contributed by atoms with Gasteiger partial charge in [-0.3, -0.25) is 9.59 Å². The van der Waals surface area contributed by atoms with E-state index in [2.05, 4.69) is 4.98 Å². The quantitative estimate of drug-likeness (QED) is 0.645. The zero-order valence-corrected chi connectivity index (χ0v) is 8.68. The maximum absolute atomic E-state index is 13.0. The second-order valence-electron chi connectivity index (χ2n) is 3.35. The third-order valence-electron chi connectivity index (χ3n) is 2.42. The Bertz CT molecular complexity index is 815. The first-order chi connectivity index (χ1) is 7.68. The number of aromatic nitrogens is 2. The number of nitrogens with zero attached hydrogens (tertiary/aromatic N) is 1. The molecule has 3 aromatic rings. The van der Waals surface area contributed by atoms with Gasteiger partial charge in [-0.25, -0.2) is 0 Å². The molecular formula is C10H5FN2O2S. The lowest BCUT2D eigenvalue weighted by Crippen LogP contribution is -2.14. The van der Waals surface area contributed by atoms with E-state index in [1.54, 1.807) is 24.3 Å². The van der Waals surface area contributed by atoms with E-state index in [0.717, 1.165) is 0 Å². The molecule has 0 unspecified atom stereocenters. The smallest absolute Gasteiger partial charge is 0.303 e. The number of H-pyrrole nitrogens is 1. The monoisotopic (exact) mass is 236 g/mol. The van der Waals surface area contributed by atoms with Gasteiger partial charge in [0, 0.05) is 5.39 Å². The van der Waals surface area contributed by atoms with Crippen molar-refractivity contribution in [3.8, 4) is 0 Å². The minimum atomic E-state index is -0.896. The molecule has 0 saturated heterocycles. The number of hydrogen-bond donors (Lipinski definition) is 1. The molecule has 0 radical (unpaired) electrons. The minimum absolute atomic E-state index is 0.0402. The van der Waals surface area contributed by atoms with E-state index in [1.165, 1.54) is 0 Å². The van der Waals surface area contributed by atoms with E-state index in [1.807, 2.05) is 0 Å². The van der Waals surface area contributed by atoms with Crippen LogP contribution in [0.2, 0.25) is 0 Å². The Kier molecular flexibility index (Phi) is 1.75. The Balaban J connectivity index is 2.73. The van der Waals surface area contributed by atoms with Crippen LogP contribution in [0, 0.1) is 0 Å². The van der Waals surface area contributed by atoms with E-state index in [-0.39, 0.29) is 14.4 Å². The fraction of sp³-hybridized carbons (Fsp3) is 0. The van der Waals surface area contributed by atoms with Crippen molar-refractivity contribution >= 4 is 32.7 Å². The summed E-state index contributed by atoms with van der Waals surface area (Å²) >= 11 is 0.590. The molecule has 4 nitrogen and oxygen atoms in total. The molecule has 0 saturated carbocycles. The van der Waals surface area contributed by atoms with Crippen molar-refractivity contribution in [1.82, 2.24) is 9.16 Å². The van der Waals surface area contributed by atoms with Gasteiger partial charge in [0.25, 0.3) is 0 Å². The number of nitrogens with one attached hydrogen (secondary N) is 1. The van der Waals surface area contributed by atoms with Crippen molar-refractivity contribution in [2.24, 2.45) is 0 Å². The van der Waals surface area contributed by atoms with E-state index < -0.39 is 11.0 Å². The molecule has 0 spiro atoms. The highest BCUT2D eigenvalue weighted by molar-refractivity contribution is 7.13. The first-order valence-electron chi connectivity index (χ1n) is 4.51. The van der Waals surface area contributed by atoms with Gasteiger partial charge in [0.1, 0.15) is 10.2 Å². The Morgan fingerprint density at radius 3 is 2.81 bits per heavy atom. The fourth-order valence-corrected chi connectivity index (χ4v) is 2.45. The third kappa shape index (κ3) is 1.07. The van der Waals surface area contributed by atoms with Crippen LogP contribution in [0.3, 0.4) is 0 Å². The van der Waals surface area contributed by atoms with Crippen LogP contribution in [-0.4, -0.2) is 9.16 Å². The van der Waals surface area contributed by atoms with Gasteiger partial charge >= 0.3 is 5.56 Å². The molecule has 6 heteroatoms. The minimum Gasteiger partial charge on any atom is -0.345 e. The molecule has 0 fully saturated rings. The summed E-state index contributed by atoms with van der Waals surface area (Å²) in [5, 5.41) is 0.275. The predicted octanol–water partition coefficient (Wildman–Crippen LogP) is 1.64. The van der Waals surface area contributed by atoms with Crippen molar-refractivity contribution in [2.45, 2.75) is 0 Å². The van der Waals surface area contributed by atoms with Gasteiger partial charge in [-0.1, -0.05) is 20.8 Å². The second kappa shape index (κ2) is 3.02. The number of benzene rings is 1. The first kappa shape index (κ1) is 9.29. The summed E-state index contributed by atoms with van der Waals surface area (Å²) < 4.78 is 13.0. The number of para-hydroxylation sites is 1. The lowest BCUT2D eigenvalue weighted by molar-refractivity contribution is 0.401. The third-order valence-corrected chi connectivity index (χ3v) is 3.23. The summed E-state index contributed by atoms with van der Waals surface area (Å²) in [6.45, 7) is 0. The van der Waals surface area contributed by atoms with Gasteiger partial charge in [-0.15, -0.1) is 0 Å². The number of fused-ring (bicyclic) bond motifs is 2. The van der Waals surface area contributed by atoms with E-state index in [0.29, 0.717) is 22.4 Å². The largest absolute Gasteiger partial charge is 0.345 e. The highest BCUT2D eigenvalue weighted by atomic mass is 32.1. The molecule has 16 heavy (non-hydrogen) atoms. The normalized spacial score (nSPS) is 11.3. The van der Waals surface area contributed by atoms with Crippen molar-refractivity contribution in [1.29, 1.82) is 0 Å². The second-order valence-corrected chi connectivity index (χ2v) is 4.26. The van der Waals surface area contributed by atoms with Crippen LogP contribution >= 0.6 is 11.5 Å². The summed E-state index contributed by atoms with van der Waals surface area (Å²) in [5.74, 6) is 0.